The van der Waals surface area contributed by atoms with Crippen LogP contribution in [0.3, 0.4) is 0 Å². The molecule has 2 heterocycles. The van der Waals surface area contributed by atoms with E-state index in [1.807, 2.05) is 0 Å². The lowest BCUT2D eigenvalue weighted by Gasteiger charge is -2.29. The Kier molecular flexibility index (Phi) is 6.53. The smallest absolute Gasteiger partial charge is 0.335 e. The molecule has 2 N–H and O–H groups in total. The number of urea groups is 1. The predicted octanol–water partition coefficient (Wildman–Crippen LogP) is 6.45. The number of hydrogen-bond donors (Lipinski definition) is 2. The summed E-state index contributed by atoms with van der Waals surface area (Å²) in [4.78, 5) is 21.0. The van der Waals surface area contributed by atoms with E-state index in [1.165, 1.54) is 29.3 Å². The summed E-state index contributed by atoms with van der Waals surface area (Å²) in [7, 11) is 1.78. The fraction of sp³-hybridized carbons (Fsp3) is 0.280. The monoisotopic (exact) mass is 517 g/mol. The van der Waals surface area contributed by atoms with Gasteiger partial charge < -0.3 is 10.6 Å². The lowest BCUT2D eigenvalue weighted by molar-refractivity contribution is 0.253. The minimum Gasteiger partial charge on any atom is -0.384 e. The largest absolute Gasteiger partial charge is 0.384 e. The molecule has 0 saturated heterocycles. The zero-order chi connectivity index (χ0) is 24.7. The van der Waals surface area contributed by atoms with Gasteiger partial charge in [0.15, 0.2) is 11.6 Å². The van der Waals surface area contributed by atoms with Crippen molar-refractivity contribution >= 4 is 52.1 Å². The number of pyridine rings is 1. The van der Waals surface area contributed by atoms with Gasteiger partial charge in [-0.25, -0.2) is 18.6 Å². The average molecular weight is 518 g/mol. The zero-order valence-corrected chi connectivity index (χ0v) is 20.4. The van der Waals surface area contributed by atoms with Crippen LogP contribution in [0.2, 0.25) is 10.0 Å². The van der Waals surface area contributed by atoms with Crippen LogP contribution in [-0.2, 0) is 0 Å². The van der Waals surface area contributed by atoms with Crippen molar-refractivity contribution in [2.45, 2.75) is 12.8 Å². The first-order chi connectivity index (χ1) is 16.9. The van der Waals surface area contributed by atoms with Crippen molar-refractivity contribution in [2.24, 2.45) is 5.92 Å². The van der Waals surface area contributed by atoms with E-state index in [-0.39, 0.29) is 11.4 Å². The molecule has 0 bridgehead atoms. The SMILES string of the molecule is CNCCNc1cc(F)c(N2C(=O)N(CC3CC3)c3ncc(Cl)cc3-c3ccc(Cl)cc32)c(F)c1. The van der Waals surface area contributed by atoms with Crippen LogP contribution in [0.1, 0.15) is 12.8 Å². The minimum atomic E-state index is -0.875. The summed E-state index contributed by atoms with van der Waals surface area (Å²) >= 11 is 12.6. The molecule has 0 radical (unpaired) electrons. The van der Waals surface area contributed by atoms with Crippen molar-refractivity contribution in [1.29, 1.82) is 0 Å². The number of rotatable bonds is 7. The lowest BCUT2D eigenvalue weighted by Crippen LogP contribution is -2.42. The molecule has 2 aliphatic rings. The number of nitrogens with zero attached hydrogens (tertiary/aromatic N) is 3. The fourth-order valence-electron chi connectivity index (χ4n) is 4.23. The summed E-state index contributed by atoms with van der Waals surface area (Å²) in [5.74, 6) is -1.06. The number of fused-ring (bicyclic) bond motifs is 3. The number of likely N-dealkylation sites (N-methyl/N-ethyl adjacent to an activating group) is 1. The number of hydrogen-bond acceptors (Lipinski definition) is 4. The molecule has 6 nitrogen and oxygen atoms in total. The molecule has 35 heavy (non-hydrogen) atoms. The molecule has 1 fully saturated rings. The van der Waals surface area contributed by atoms with Gasteiger partial charge in [-0.2, -0.15) is 0 Å². The van der Waals surface area contributed by atoms with Gasteiger partial charge in [-0.3, -0.25) is 9.80 Å². The van der Waals surface area contributed by atoms with Gasteiger partial charge in [0.25, 0.3) is 0 Å². The molecule has 0 spiro atoms. The highest BCUT2D eigenvalue weighted by Gasteiger charge is 2.39. The van der Waals surface area contributed by atoms with Gasteiger partial charge in [-0.05, 0) is 56.1 Å². The van der Waals surface area contributed by atoms with Crippen LogP contribution in [0.5, 0.6) is 0 Å². The van der Waals surface area contributed by atoms with E-state index < -0.39 is 23.4 Å². The zero-order valence-electron chi connectivity index (χ0n) is 18.9. The second kappa shape index (κ2) is 9.60. The Morgan fingerprint density at radius 3 is 2.46 bits per heavy atom. The topological polar surface area (TPSA) is 60.5 Å². The van der Waals surface area contributed by atoms with Crippen molar-refractivity contribution in [3.05, 3.63) is 64.3 Å². The van der Waals surface area contributed by atoms with Crippen molar-refractivity contribution in [3.8, 4) is 11.1 Å². The quantitative estimate of drug-likeness (QED) is 0.353. The van der Waals surface area contributed by atoms with Gasteiger partial charge in [0.05, 0.1) is 10.7 Å². The summed E-state index contributed by atoms with van der Waals surface area (Å²) in [6, 6.07) is 8.36. The van der Waals surface area contributed by atoms with Gasteiger partial charge >= 0.3 is 6.03 Å². The molecule has 10 heteroatoms. The van der Waals surface area contributed by atoms with Gasteiger partial charge in [0.2, 0.25) is 0 Å². The maximum Gasteiger partial charge on any atom is 0.335 e. The number of aromatic nitrogens is 1. The van der Waals surface area contributed by atoms with E-state index in [9.17, 15) is 4.79 Å². The molecule has 1 aliphatic carbocycles. The van der Waals surface area contributed by atoms with Crippen molar-refractivity contribution < 1.29 is 13.6 Å². The Morgan fingerprint density at radius 1 is 1.03 bits per heavy atom. The highest BCUT2D eigenvalue weighted by molar-refractivity contribution is 6.32. The highest BCUT2D eigenvalue weighted by atomic mass is 35.5. The molecular formula is C25H23Cl2F2N5O. The van der Waals surface area contributed by atoms with Crippen molar-refractivity contribution in [2.75, 3.05) is 41.8 Å². The molecule has 1 aliphatic heterocycles. The molecule has 182 valence electrons. The number of anilines is 4. The Balaban J connectivity index is 1.69. The maximum absolute atomic E-state index is 15.5. The molecule has 2 amide bonds. The van der Waals surface area contributed by atoms with Crippen LogP contribution < -0.4 is 20.4 Å². The second-order valence-corrected chi connectivity index (χ2v) is 9.55. The summed E-state index contributed by atoms with van der Waals surface area (Å²) in [6.45, 7) is 1.48. The van der Waals surface area contributed by atoms with E-state index in [2.05, 4.69) is 15.6 Å². The first kappa shape index (κ1) is 23.8. The van der Waals surface area contributed by atoms with E-state index in [4.69, 9.17) is 23.2 Å². The van der Waals surface area contributed by atoms with E-state index in [0.29, 0.717) is 52.5 Å². The Hall–Kier alpha value is -2.94. The molecule has 2 aromatic carbocycles. The van der Waals surface area contributed by atoms with Crippen LogP contribution in [0.25, 0.3) is 11.1 Å². The number of halogens is 4. The van der Waals surface area contributed by atoms with Crippen molar-refractivity contribution in [3.63, 3.8) is 0 Å². The van der Waals surface area contributed by atoms with Crippen LogP contribution in [0.15, 0.2) is 42.6 Å². The maximum atomic E-state index is 15.5. The predicted molar refractivity (Wildman–Crippen MR) is 136 cm³/mol. The molecule has 1 saturated carbocycles. The third-order valence-electron chi connectivity index (χ3n) is 6.08. The first-order valence-corrected chi connectivity index (χ1v) is 12.1. The van der Waals surface area contributed by atoms with Gasteiger partial charge in [0, 0.05) is 47.7 Å². The molecule has 0 atom stereocenters. The highest BCUT2D eigenvalue weighted by Crippen LogP contribution is 2.47. The molecule has 5 rings (SSSR count). The molecular weight excluding hydrogens is 495 g/mol. The van der Waals surface area contributed by atoms with Crippen LogP contribution >= 0.6 is 23.2 Å². The Morgan fingerprint density at radius 2 is 1.77 bits per heavy atom. The fourth-order valence-corrected chi connectivity index (χ4v) is 4.55. The lowest BCUT2D eigenvalue weighted by atomic mass is 10.0. The van der Waals surface area contributed by atoms with Gasteiger partial charge in [-0.1, -0.05) is 29.3 Å². The van der Waals surface area contributed by atoms with Crippen LogP contribution in [0.4, 0.5) is 36.5 Å². The number of carbonyl (C=O) groups is 1. The van der Waals surface area contributed by atoms with Crippen LogP contribution in [-0.4, -0.2) is 37.7 Å². The summed E-state index contributed by atoms with van der Waals surface area (Å²) in [6.07, 6.45) is 3.41. The summed E-state index contributed by atoms with van der Waals surface area (Å²) < 4.78 is 31.0. The van der Waals surface area contributed by atoms with Crippen LogP contribution in [0, 0.1) is 17.6 Å². The first-order valence-electron chi connectivity index (χ1n) is 11.3. The minimum absolute atomic E-state index is 0.250. The number of benzene rings is 2. The molecule has 1 aromatic heterocycles. The van der Waals surface area contributed by atoms with E-state index in [1.54, 1.807) is 25.2 Å². The number of amides is 2. The standard InChI is InChI=1S/C25H23Cl2F2N5O/c1-30-6-7-31-17-10-20(28)23(21(29)11-17)34-22-9-15(26)4-5-18(22)19-8-16(27)12-32-24(19)33(25(34)35)13-14-2-3-14/h4-5,8-12,14,30-31H,2-3,6-7,13H2,1H3. The summed E-state index contributed by atoms with van der Waals surface area (Å²) in [5.41, 5.74) is 1.18. The Bertz CT molecular complexity index is 1280. The number of nitrogens with one attached hydrogen (secondary N) is 2. The average Bonchev–Trinajstić information content (AvgIpc) is 3.64. The van der Waals surface area contributed by atoms with E-state index >= 15 is 8.78 Å². The Labute approximate surface area is 211 Å². The number of carbonyl (C=O) groups excluding carboxylic acids is 1. The van der Waals surface area contributed by atoms with Gasteiger partial charge in [-0.15, -0.1) is 0 Å². The normalized spacial score (nSPS) is 15.1. The third kappa shape index (κ3) is 4.66. The molecule has 3 aromatic rings. The third-order valence-corrected chi connectivity index (χ3v) is 6.53. The molecule has 0 unspecified atom stereocenters. The summed E-state index contributed by atoms with van der Waals surface area (Å²) in [5, 5.41) is 6.63. The second-order valence-electron chi connectivity index (χ2n) is 8.68. The van der Waals surface area contributed by atoms with Gasteiger partial charge in [0.1, 0.15) is 11.5 Å². The van der Waals surface area contributed by atoms with Crippen molar-refractivity contribution in [1.82, 2.24) is 10.3 Å². The van der Waals surface area contributed by atoms with E-state index in [0.717, 1.165) is 17.7 Å².